The van der Waals surface area contributed by atoms with Gasteiger partial charge in [-0.05, 0) is 63.1 Å². The SMILES string of the molecule is CC(C(=O)NC(C)(C)C)N(Cc1ccc(Cl)cc1Cl)C(=O)Cc1ccc(Cl)cc1. The summed E-state index contributed by atoms with van der Waals surface area (Å²) in [5.41, 5.74) is 1.12. The molecule has 0 aliphatic carbocycles. The van der Waals surface area contributed by atoms with Crippen molar-refractivity contribution < 1.29 is 9.59 Å². The van der Waals surface area contributed by atoms with Gasteiger partial charge in [0.1, 0.15) is 6.04 Å². The minimum absolute atomic E-state index is 0.148. The van der Waals surface area contributed by atoms with E-state index in [2.05, 4.69) is 5.32 Å². The first-order valence-electron chi connectivity index (χ1n) is 9.26. The standard InChI is InChI=1S/C22H25Cl3N2O2/c1-14(21(29)26-22(2,3)4)27(13-16-7-10-18(24)12-19(16)25)20(28)11-15-5-8-17(23)9-6-15/h5-10,12,14H,11,13H2,1-4H3,(H,26,29). The Balaban J connectivity index is 2.29. The third kappa shape index (κ3) is 7.22. The Kier molecular flexibility index (Phi) is 7.98. The zero-order chi connectivity index (χ0) is 21.8. The number of hydrogen-bond acceptors (Lipinski definition) is 2. The molecule has 0 aliphatic rings. The van der Waals surface area contributed by atoms with Gasteiger partial charge in [0.05, 0.1) is 6.42 Å². The molecule has 1 atom stereocenters. The number of carbonyl (C=O) groups excluding carboxylic acids is 2. The molecule has 0 fully saturated rings. The number of benzene rings is 2. The van der Waals surface area contributed by atoms with E-state index in [0.29, 0.717) is 15.1 Å². The van der Waals surface area contributed by atoms with Gasteiger partial charge in [0.2, 0.25) is 11.8 Å². The molecule has 0 spiro atoms. The molecular formula is C22H25Cl3N2O2. The van der Waals surface area contributed by atoms with Crippen molar-refractivity contribution in [3.8, 4) is 0 Å². The van der Waals surface area contributed by atoms with Crippen LogP contribution in [-0.2, 0) is 22.6 Å². The van der Waals surface area contributed by atoms with Crippen molar-refractivity contribution in [3.63, 3.8) is 0 Å². The molecule has 0 saturated carbocycles. The fourth-order valence-electron chi connectivity index (χ4n) is 2.77. The number of halogens is 3. The molecule has 0 radical (unpaired) electrons. The monoisotopic (exact) mass is 454 g/mol. The zero-order valence-corrected chi connectivity index (χ0v) is 19.2. The summed E-state index contributed by atoms with van der Waals surface area (Å²) >= 11 is 18.2. The van der Waals surface area contributed by atoms with Gasteiger partial charge in [0.15, 0.2) is 0 Å². The summed E-state index contributed by atoms with van der Waals surface area (Å²) in [4.78, 5) is 27.4. The summed E-state index contributed by atoms with van der Waals surface area (Å²) in [6, 6.07) is 11.5. The number of nitrogens with one attached hydrogen (secondary N) is 1. The normalized spacial score (nSPS) is 12.4. The Morgan fingerprint density at radius 3 is 2.14 bits per heavy atom. The predicted octanol–water partition coefficient (Wildman–Crippen LogP) is 5.52. The molecule has 2 aromatic rings. The Morgan fingerprint density at radius 1 is 1.00 bits per heavy atom. The topological polar surface area (TPSA) is 49.4 Å². The van der Waals surface area contributed by atoms with Crippen molar-refractivity contribution in [2.24, 2.45) is 0 Å². The van der Waals surface area contributed by atoms with Crippen molar-refractivity contribution in [3.05, 3.63) is 68.7 Å². The molecule has 2 aromatic carbocycles. The van der Waals surface area contributed by atoms with Crippen LogP contribution in [0.5, 0.6) is 0 Å². The van der Waals surface area contributed by atoms with Crippen molar-refractivity contribution >= 4 is 46.6 Å². The van der Waals surface area contributed by atoms with E-state index in [-0.39, 0.29) is 24.8 Å². The van der Waals surface area contributed by atoms with E-state index in [4.69, 9.17) is 34.8 Å². The molecule has 156 valence electrons. The molecule has 2 amide bonds. The minimum Gasteiger partial charge on any atom is -0.350 e. The van der Waals surface area contributed by atoms with E-state index in [1.165, 1.54) is 4.90 Å². The van der Waals surface area contributed by atoms with Crippen LogP contribution in [0.2, 0.25) is 15.1 Å². The van der Waals surface area contributed by atoms with E-state index in [1.54, 1.807) is 49.4 Å². The lowest BCUT2D eigenvalue weighted by atomic mass is 10.1. The molecular weight excluding hydrogens is 431 g/mol. The van der Waals surface area contributed by atoms with Crippen LogP contribution < -0.4 is 5.32 Å². The summed E-state index contributed by atoms with van der Waals surface area (Å²) in [6.45, 7) is 7.60. The van der Waals surface area contributed by atoms with Crippen LogP contribution in [0.4, 0.5) is 0 Å². The Morgan fingerprint density at radius 2 is 1.59 bits per heavy atom. The molecule has 1 unspecified atom stereocenters. The van der Waals surface area contributed by atoms with Gasteiger partial charge in [-0.25, -0.2) is 0 Å². The summed E-state index contributed by atoms with van der Waals surface area (Å²) in [5, 5.41) is 4.49. The third-order valence-corrected chi connectivity index (χ3v) is 5.13. The van der Waals surface area contributed by atoms with Crippen molar-refractivity contribution in [2.45, 2.75) is 52.2 Å². The van der Waals surface area contributed by atoms with Gasteiger partial charge in [-0.1, -0.05) is 53.0 Å². The third-order valence-electron chi connectivity index (χ3n) is 4.29. The molecule has 0 heterocycles. The number of hydrogen-bond donors (Lipinski definition) is 1. The molecule has 0 aliphatic heterocycles. The second kappa shape index (κ2) is 9.84. The Hall–Kier alpha value is -1.75. The second-order valence-corrected chi connectivity index (χ2v) is 9.26. The highest BCUT2D eigenvalue weighted by atomic mass is 35.5. The first kappa shape index (κ1) is 23.5. The smallest absolute Gasteiger partial charge is 0.242 e. The highest BCUT2D eigenvalue weighted by Crippen LogP contribution is 2.24. The summed E-state index contributed by atoms with van der Waals surface area (Å²) in [5.74, 6) is -0.415. The minimum atomic E-state index is -0.680. The summed E-state index contributed by atoms with van der Waals surface area (Å²) < 4.78 is 0. The fourth-order valence-corrected chi connectivity index (χ4v) is 3.36. The lowest BCUT2D eigenvalue weighted by Gasteiger charge is -2.31. The van der Waals surface area contributed by atoms with Gasteiger partial charge in [0.25, 0.3) is 0 Å². The van der Waals surface area contributed by atoms with Crippen LogP contribution in [0.3, 0.4) is 0 Å². The van der Waals surface area contributed by atoms with Gasteiger partial charge in [0, 0.05) is 27.2 Å². The Bertz CT molecular complexity index is 877. The maximum atomic E-state index is 13.1. The summed E-state index contributed by atoms with van der Waals surface area (Å²) in [6.07, 6.45) is 0.148. The molecule has 4 nitrogen and oxygen atoms in total. The molecule has 7 heteroatoms. The maximum Gasteiger partial charge on any atom is 0.242 e. The van der Waals surface area contributed by atoms with Gasteiger partial charge in [-0.2, -0.15) is 0 Å². The number of rotatable bonds is 6. The van der Waals surface area contributed by atoms with Gasteiger partial charge < -0.3 is 10.2 Å². The number of amides is 2. The van der Waals surface area contributed by atoms with Gasteiger partial charge >= 0.3 is 0 Å². The quantitative estimate of drug-likeness (QED) is 0.623. The second-order valence-electron chi connectivity index (χ2n) is 7.98. The molecule has 0 aromatic heterocycles. The first-order chi connectivity index (χ1) is 13.5. The van der Waals surface area contributed by atoms with Crippen molar-refractivity contribution in [1.82, 2.24) is 10.2 Å². The van der Waals surface area contributed by atoms with E-state index in [0.717, 1.165) is 11.1 Å². The van der Waals surface area contributed by atoms with Crippen LogP contribution in [0, 0.1) is 0 Å². The first-order valence-corrected chi connectivity index (χ1v) is 10.4. The van der Waals surface area contributed by atoms with Crippen LogP contribution in [0.25, 0.3) is 0 Å². The van der Waals surface area contributed by atoms with Crippen LogP contribution in [0.1, 0.15) is 38.8 Å². The molecule has 29 heavy (non-hydrogen) atoms. The van der Waals surface area contributed by atoms with E-state index >= 15 is 0 Å². The van der Waals surface area contributed by atoms with Crippen molar-refractivity contribution in [1.29, 1.82) is 0 Å². The van der Waals surface area contributed by atoms with Crippen molar-refractivity contribution in [2.75, 3.05) is 0 Å². The highest BCUT2D eigenvalue weighted by Gasteiger charge is 2.28. The number of nitrogens with zero attached hydrogens (tertiary/aromatic N) is 1. The molecule has 1 N–H and O–H groups in total. The Labute approximate surface area is 187 Å². The largest absolute Gasteiger partial charge is 0.350 e. The van der Waals surface area contributed by atoms with Crippen LogP contribution in [-0.4, -0.2) is 28.3 Å². The average Bonchev–Trinajstić information content (AvgIpc) is 2.61. The van der Waals surface area contributed by atoms with Crippen LogP contribution >= 0.6 is 34.8 Å². The fraction of sp³-hybridized carbons (Fsp3) is 0.364. The summed E-state index contributed by atoms with van der Waals surface area (Å²) in [7, 11) is 0. The lowest BCUT2D eigenvalue weighted by molar-refractivity contribution is -0.140. The zero-order valence-electron chi connectivity index (χ0n) is 16.9. The lowest BCUT2D eigenvalue weighted by Crippen LogP contribution is -2.52. The maximum absolute atomic E-state index is 13.1. The van der Waals surface area contributed by atoms with Gasteiger partial charge in [-0.3, -0.25) is 9.59 Å². The average molecular weight is 456 g/mol. The molecule has 0 saturated heterocycles. The molecule has 2 rings (SSSR count). The van der Waals surface area contributed by atoms with E-state index in [1.807, 2.05) is 20.8 Å². The predicted molar refractivity (Wildman–Crippen MR) is 120 cm³/mol. The van der Waals surface area contributed by atoms with Gasteiger partial charge in [-0.15, -0.1) is 0 Å². The highest BCUT2D eigenvalue weighted by molar-refractivity contribution is 6.35. The number of carbonyl (C=O) groups is 2. The molecule has 0 bridgehead atoms. The van der Waals surface area contributed by atoms with E-state index < -0.39 is 11.6 Å². The van der Waals surface area contributed by atoms with E-state index in [9.17, 15) is 9.59 Å². The van der Waals surface area contributed by atoms with Crippen LogP contribution in [0.15, 0.2) is 42.5 Å².